The minimum absolute atomic E-state index is 0.143. The summed E-state index contributed by atoms with van der Waals surface area (Å²) in [6.45, 7) is 3.01. The highest BCUT2D eigenvalue weighted by atomic mass is 16.6. The van der Waals surface area contributed by atoms with Gasteiger partial charge in [0.25, 0.3) is 0 Å². The van der Waals surface area contributed by atoms with Crippen LogP contribution in [0.25, 0.3) is 0 Å². The molecule has 19 heavy (non-hydrogen) atoms. The van der Waals surface area contributed by atoms with Crippen LogP contribution in [0.3, 0.4) is 0 Å². The molecule has 7 heteroatoms. The van der Waals surface area contributed by atoms with Gasteiger partial charge in [0.2, 0.25) is 5.75 Å². The number of nitrogens with zero attached hydrogens (tertiary/aromatic N) is 1. The molecule has 0 saturated carbocycles. The molecule has 0 aromatic heterocycles. The van der Waals surface area contributed by atoms with Gasteiger partial charge in [-0.05, 0) is 31.9 Å². The zero-order valence-electron chi connectivity index (χ0n) is 10.6. The molecule has 1 aromatic rings. The molecule has 0 aliphatic carbocycles. The molecule has 2 atom stereocenters. The van der Waals surface area contributed by atoms with Crippen molar-refractivity contribution in [2.45, 2.75) is 32.5 Å². The number of benzene rings is 1. The van der Waals surface area contributed by atoms with E-state index in [-0.39, 0.29) is 6.42 Å². The minimum atomic E-state index is -0.810. The minimum Gasteiger partial charge on any atom is -0.504 e. The van der Waals surface area contributed by atoms with Gasteiger partial charge in [-0.15, -0.1) is 0 Å². The predicted molar refractivity (Wildman–Crippen MR) is 67.0 cm³/mol. The van der Waals surface area contributed by atoms with Gasteiger partial charge in [0.05, 0.1) is 17.1 Å². The lowest BCUT2D eigenvalue weighted by atomic mass is 9.90. The largest absolute Gasteiger partial charge is 0.504 e. The Balaban J connectivity index is 3.11. The predicted octanol–water partition coefficient (Wildman–Crippen LogP) is 0.926. The molecule has 0 fully saturated rings. The topological polar surface area (TPSA) is 124 Å². The third kappa shape index (κ3) is 3.55. The van der Waals surface area contributed by atoms with E-state index < -0.39 is 40.2 Å². The highest BCUT2D eigenvalue weighted by Gasteiger charge is 2.24. The van der Waals surface area contributed by atoms with Crippen LogP contribution in [-0.2, 0) is 6.42 Å². The highest BCUT2D eigenvalue weighted by Crippen LogP contribution is 2.37. The second kappa shape index (κ2) is 5.85. The van der Waals surface area contributed by atoms with Crippen molar-refractivity contribution in [1.82, 2.24) is 0 Å². The summed E-state index contributed by atoms with van der Waals surface area (Å²) in [6.07, 6.45) is -1.48. The molecular formula is C12H17NO6. The first-order valence-corrected chi connectivity index (χ1v) is 5.79. The average Bonchev–Trinajstić information content (AvgIpc) is 2.28. The smallest absolute Gasteiger partial charge is 0.314 e. The molecule has 1 rings (SSSR count). The zero-order chi connectivity index (χ0) is 14.7. The highest BCUT2D eigenvalue weighted by molar-refractivity contribution is 5.56. The van der Waals surface area contributed by atoms with Crippen LogP contribution in [0.5, 0.6) is 11.5 Å². The van der Waals surface area contributed by atoms with Gasteiger partial charge in [0.15, 0.2) is 5.75 Å². The molecule has 0 aliphatic rings. The number of nitro benzene ring substituents is 1. The second-order valence-electron chi connectivity index (χ2n) is 4.59. The summed E-state index contributed by atoms with van der Waals surface area (Å²) in [7, 11) is 0. The number of phenols is 2. The quantitative estimate of drug-likeness (QED) is 0.359. The number of phenolic OH excluding ortho intramolecular Hbond substituents is 2. The van der Waals surface area contributed by atoms with Gasteiger partial charge >= 0.3 is 5.69 Å². The van der Waals surface area contributed by atoms with E-state index in [0.717, 1.165) is 6.07 Å². The van der Waals surface area contributed by atoms with Crippen LogP contribution in [0.2, 0.25) is 0 Å². The third-order valence-electron chi connectivity index (χ3n) is 3.04. The van der Waals surface area contributed by atoms with Gasteiger partial charge in [-0.1, -0.05) is 0 Å². The van der Waals surface area contributed by atoms with E-state index in [0.29, 0.717) is 5.56 Å². The van der Waals surface area contributed by atoms with Gasteiger partial charge in [0.1, 0.15) is 0 Å². The average molecular weight is 271 g/mol. The molecule has 1 aromatic carbocycles. The number of hydrogen-bond donors (Lipinski definition) is 4. The fourth-order valence-corrected chi connectivity index (χ4v) is 1.93. The maximum absolute atomic E-state index is 10.7. The van der Waals surface area contributed by atoms with E-state index in [1.54, 1.807) is 0 Å². The summed E-state index contributed by atoms with van der Waals surface area (Å²) < 4.78 is 0. The summed E-state index contributed by atoms with van der Waals surface area (Å²) in [4.78, 5) is 9.91. The van der Waals surface area contributed by atoms with E-state index in [2.05, 4.69) is 0 Å². The Labute approximate surface area is 109 Å². The van der Waals surface area contributed by atoms with Crippen molar-refractivity contribution in [2.75, 3.05) is 0 Å². The maximum atomic E-state index is 10.7. The number of aromatic hydroxyl groups is 2. The standard InChI is InChI=1S/C12H17NO6/c1-6(14)9(7(2)15)3-8-4-10(13(18)19)12(17)11(16)5-8/h4-7,9,14-17H,3H2,1-2H3. The Bertz CT molecular complexity index is 464. The van der Waals surface area contributed by atoms with Crippen LogP contribution >= 0.6 is 0 Å². The van der Waals surface area contributed by atoms with E-state index in [4.69, 9.17) is 0 Å². The Kier molecular flexibility index (Phi) is 4.68. The van der Waals surface area contributed by atoms with Crippen molar-refractivity contribution >= 4 is 5.69 Å². The SMILES string of the molecule is CC(O)C(Cc1cc(O)c(O)c([N+](=O)[O-])c1)C(C)O. The van der Waals surface area contributed by atoms with Gasteiger partial charge in [-0.3, -0.25) is 10.1 Å². The molecule has 2 unspecified atom stereocenters. The van der Waals surface area contributed by atoms with Crippen LogP contribution in [0.15, 0.2) is 12.1 Å². The summed E-state index contributed by atoms with van der Waals surface area (Å²) >= 11 is 0. The molecule has 0 bridgehead atoms. The first kappa shape index (κ1) is 15.2. The Morgan fingerprint density at radius 1 is 1.21 bits per heavy atom. The van der Waals surface area contributed by atoms with Crippen molar-refractivity contribution in [2.24, 2.45) is 5.92 Å². The molecule has 0 amide bonds. The molecule has 0 heterocycles. The molecule has 0 spiro atoms. The van der Waals surface area contributed by atoms with Crippen molar-refractivity contribution in [3.63, 3.8) is 0 Å². The molecule has 0 saturated heterocycles. The number of nitro groups is 1. The van der Waals surface area contributed by atoms with Crippen molar-refractivity contribution in [1.29, 1.82) is 0 Å². The Hall–Kier alpha value is -1.86. The molecule has 106 valence electrons. The fraction of sp³-hybridized carbons (Fsp3) is 0.500. The van der Waals surface area contributed by atoms with Gasteiger partial charge < -0.3 is 20.4 Å². The summed E-state index contributed by atoms with van der Waals surface area (Å²) in [5.74, 6) is -1.91. The lowest BCUT2D eigenvalue weighted by molar-refractivity contribution is -0.386. The van der Waals surface area contributed by atoms with Crippen LogP contribution in [0.1, 0.15) is 19.4 Å². The number of aliphatic hydroxyl groups is 2. The monoisotopic (exact) mass is 271 g/mol. The lowest BCUT2D eigenvalue weighted by Crippen LogP contribution is -2.29. The first-order valence-electron chi connectivity index (χ1n) is 5.79. The van der Waals surface area contributed by atoms with Crippen molar-refractivity contribution in [3.05, 3.63) is 27.8 Å². The molecule has 0 aliphatic heterocycles. The van der Waals surface area contributed by atoms with E-state index in [9.17, 15) is 30.5 Å². The molecule has 4 N–H and O–H groups in total. The third-order valence-corrected chi connectivity index (χ3v) is 3.04. The number of aliphatic hydroxyl groups excluding tert-OH is 2. The fourth-order valence-electron chi connectivity index (χ4n) is 1.93. The molecule has 0 radical (unpaired) electrons. The lowest BCUT2D eigenvalue weighted by Gasteiger charge is -2.22. The Morgan fingerprint density at radius 2 is 1.74 bits per heavy atom. The van der Waals surface area contributed by atoms with E-state index in [1.807, 2.05) is 0 Å². The number of rotatable bonds is 5. The molecule has 7 nitrogen and oxygen atoms in total. The normalized spacial score (nSPS) is 15.8. The maximum Gasteiger partial charge on any atom is 0.314 e. The van der Waals surface area contributed by atoms with Crippen LogP contribution in [-0.4, -0.2) is 37.6 Å². The summed E-state index contributed by atoms with van der Waals surface area (Å²) in [5.41, 5.74) is -0.251. The van der Waals surface area contributed by atoms with Crippen molar-refractivity contribution in [3.8, 4) is 11.5 Å². The zero-order valence-corrected chi connectivity index (χ0v) is 10.6. The number of hydrogen-bond acceptors (Lipinski definition) is 6. The summed E-state index contributed by atoms with van der Waals surface area (Å²) in [5, 5.41) is 48.6. The van der Waals surface area contributed by atoms with Crippen molar-refractivity contribution < 1.29 is 25.3 Å². The van der Waals surface area contributed by atoms with E-state index in [1.165, 1.54) is 19.9 Å². The first-order chi connectivity index (χ1) is 8.73. The van der Waals surface area contributed by atoms with E-state index >= 15 is 0 Å². The Morgan fingerprint density at radius 3 is 2.16 bits per heavy atom. The van der Waals surface area contributed by atoms with Gasteiger partial charge in [0, 0.05) is 12.0 Å². The second-order valence-corrected chi connectivity index (χ2v) is 4.59. The molecular weight excluding hydrogens is 254 g/mol. The summed E-state index contributed by atoms with van der Waals surface area (Å²) in [6, 6.07) is 2.30. The van der Waals surface area contributed by atoms with Crippen LogP contribution < -0.4 is 0 Å². The van der Waals surface area contributed by atoms with Crippen LogP contribution in [0, 0.1) is 16.0 Å². The van der Waals surface area contributed by atoms with Crippen LogP contribution in [0.4, 0.5) is 5.69 Å². The van der Waals surface area contributed by atoms with Gasteiger partial charge in [-0.2, -0.15) is 0 Å². The van der Waals surface area contributed by atoms with Gasteiger partial charge in [-0.25, -0.2) is 0 Å².